The lowest BCUT2D eigenvalue weighted by Gasteiger charge is -2.22. The number of esters is 1. The van der Waals surface area contributed by atoms with Gasteiger partial charge < -0.3 is 14.5 Å². The minimum Gasteiger partial charge on any atom is -0.462 e. The van der Waals surface area contributed by atoms with E-state index in [1.54, 1.807) is 36.1 Å². The molecule has 2 heterocycles. The fraction of sp³-hybridized carbons (Fsp3) is 0.318. The van der Waals surface area contributed by atoms with Gasteiger partial charge in [0.05, 0.1) is 23.8 Å². The average molecular weight is 378 g/mol. The lowest BCUT2D eigenvalue weighted by Crippen LogP contribution is -2.36. The lowest BCUT2D eigenvalue weighted by molar-refractivity contribution is -0.124. The third-order valence-corrected chi connectivity index (χ3v) is 5.32. The van der Waals surface area contributed by atoms with Crippen molar-refractivity contribution in [3.63, 3.8) is 0 Å². The van der Waals surface area contributed by atoms with E-state index in [2.05, 4.69) is 0 Å². The van der Waals surface area contributed by atoms with Gasteiger partial charge in [0.25, 0.3) is 0 Å². The molecule has 0 radical (unpaired) electrons. The Balaban J connectivity index is 1.56. The molecule has 1 atom stereocenters. The topological polar surface area (TPSA) is 66.9 Å². The summed E-state index contributed by atoms with van der Waals surface area (Å²) in [6.07, 6.45) is 0.979. The number of ether oxygens (including phenoxy) is 1. The second kappa shape index (κ2) is 7.46. The maximum absolute atomic E-state index is 13.1. The second-order valence-corrected chi connectivity index (χ2v) is 7.01. The van der Waals surface area contributed by atoms with Crippen LogP contribution in [-0.4, -0.2) is 37.5 Å². The second-order valence-electron chi connectivity index (χ2n) is 7.01. The van der Waals surface area contributed by atoms with E-state index in [1.165, 1.54) is 4.90 Å². The van der Waals surface area contributed by atoms with Gasteiger partial charge in [0.2, 0.25) is 11.8 Å². The van der Waals surface area contributed by atoms with Gasteiger partial charge in [-0.2, -0.15) is 0 Å². The number of hydrogen-bond donors (Lipinski definition) is 0. The van der Waals surface area contributed by atoms with E-state index in [0.29, 0.717) is 17.8 Å². The molecule has 2 amide bonds. The van der Waals surface area contributed by atoms with Crippen molar-refractivity contribution < 1.29 is 19.1 Å². The fourth-order valence-electron chi connectivity index (χ4n) is 3.98. The first-order valence-corrected chi connectivity index (χ1v) is 9.56. The van der Waals surface area contributed by atoms with E-state index in [-0.39, 0.29) is 31.4 Å². The highest BCUT2D eigenvalue weighted by Gasteiger charge is 2.40. The molecule has 0 saturated carbocycles. The van der Waals surface area contributed by atoms with Crippen molar-refractivity contribution in [3.05, 3.63) is 59.7 Å². The van der Waals surface area contributed by atoms with Crippen LogP contribution in [0.4, 0.5) is 11.4 Å². The molecule has 1 fully saturated rings. The van der Waals surface area contributed by atoms with Crippen LogP contribution < -0.4 is 9.80 Å². The minimum atomic E-state index is -0.464. The zero-order valence-electron chi connectivity index (χ0n) is 15.8. The van der Waals surface area contributed by atoms with Crippen LogP contribution in [-0.2, 0) is 20.7 Å². The molecule has 2 aromatic rings. The molecule has 4 rings (SSSR count). The summed E-state index contributed by atoms with van der Waals surface area (Å²) in [5, 5.41) is 0. The van der Waals surface area contributed by atoms with Crippen LogP contribution in [0.5, 0.6) is 0 Å². The van der Waals surface area contributed by atoms with E-state index in [0.717, 1.165) is 17.7 Å². The molecule has 0 spiro atoms. The number of rotatable bonds is 4. The predicted molar refractivity (Wildman–Crippen MR) is 105 cm³/mol. The summed E-state index contributed by atoms with van der Waals surface area (Å²) in [6, 6.07) is 14.8. The molecule has 0 bridgehead atoms. The monoisotopic (exact) mass is 378 g/mol. The van der Waals surface area contributed by atoms with Gasteiger partial charge in [0.15, 0.2) is 0 Å². The third-order valence-electron chi connectivity index (χ3n) is 5.32. The molecular formula is C22H22N2O4. The van der Waals surface area contributed by atoms with Crippen LogP contribution in [0.25, 0.3) is 0 Å². The van der Waals surface area contributed by atoms with Crippen molar-refractivity contribution in [2.24, 2.45) is 5.92 Å². The van der Waals surface area contributed by atoms with Gasteiger partial charge in [-0.15, -0.1) is 0 Å². The average Bonchev–Trinajstić information content (AvgIpc) is 3.31. The Morgan fingerprint density at radius 2 is 1.79 bits per heavy atom. The van der Waals surface area contributed by atoms with Crippen LogP contribution >= 0.6 is 0 Å². The summed E-state index contributed by atoms with van der Waals surface area (Å²) < 4.78 is 5.11. The molecule has 0 N–H and O–H groups in total. The summed E-state index contributed by atoms with van der Waals surface area (Å²) in [5.74, 6) is -1.07. The van der Waals surface area contributed by atoms with E-state index in [9.17, 15) is 14.4 Å². The van der Waals surface area contributed by atoms with Gasteiger partial charge in [0.1, 0.15) is 0 Å². The van der Waals surface area contributed by atoms with Crippen LogP contribution in [0.2, 0.25) is 0 Å². The highest BCUT2D eigenvalue weighted by molar-refractivity contribution is 6.08. The Morgan fingerprint density at radius 3 is 2.57 bits per heavy atom. The molecule has 28 heavy (non-hydrogen) atoms. The molecule has 0 aliphatic carbocycles. The van der Waals surface area contributed by atoms with Gasteiger partial charge in [-0.1, -0.05) is 30.3 Å². The number of nitrogens with zero attached hydrogens (tertiary/aromatic N) is 2. The lowest BCUT2D eigenvalue weighted by atomic mass is 10.1. The van der Waals surface area contributed by atoms with Crippen molar-refractivity contribution in [3.8, 4) is 0 Å². The molecular weight excluding hydrogens is 356 g/mol. The number of hydrogen-bond acceptors (Lipinski definition) is 4. The molecule has 144 valence electrons. The largest absolute Gasteiger partial charge is 0.462 e. The third kappa shape index (κ3) is 3.15. The molecule has 2 aromatic carbocycles. The summed E-state index contributed by atoms with van der Waals surface area (Å²) >= 11 is 0. The Bertz CT molecular complexity index is 940. The number of carbonyl (C=O) groups is 3. The van der Waals surface area contributed by atoms with Gasteiger partial charge in [-0.25, -0.2) is 4.79 Å². The number of anilines is 2. The Labute approximate surface area is 163 Å². The van der Waals surface area contributed by atoms with Crippen molar-refractivity contribution >= 4 is 29.2 Å². The first-order valence-electron chi connectivity index (χ1n) is 9.56. The molecule has 6 nitrogen and oxygen atoms in total. The highest BCUT2D eigenvalue weighted by Crippen LogP contribution is 2.33. The highest BCUT2D eigenvalue weighted by atomic mass is 16.5. The zero-order valence-corrected chi connectivity index (χ0v) is 15.8. The normalized spacial score (nSPS) is 18.3. The quantitative estimate of drug-likeness (QED) is 0.768. The van der Waals surface area contributed by atoms with Crippen LogP contribution in [0, 0.1) is 5.92 Å². The first-order chi connectivity index (χ1) is 13.6. The Kier molecular flexibility index (Phi) is 4.86. The van der Waals surface area contributed by atoms with Crippen molar-refractivity contribution in [2.45, 2.75) is 19.8 Å². The van der Waals surface area contributed by atoms with Crippen LogP contribution in [0.15, 0.2) is 48.5 Å². The minimum absolute atomic E-state index is 0.0329. The maximum Gasteiger partial charge on any atom is 0.340 e. The number of fused-ring (bicyclic) bond motifs is 1. The Morgan fingerprint density at radius 1 is 1.07 bits per heavy atom. The predicted octanol–water partition coefficient (Wildman–Crippen LogP) is 2.81. The van der Waals surface area contributed by atoms with E-state index < -0.39 is 11.9 Å². The molecule has 2 aliphatic heterocycles. The van der Waals surface area contributed by atoms with E-state index >= 15 is 0 Å². The molecule has 2 aliphatic rings. The van der Waals surface area contributed by atoms with Crippen molar-refractivity contribution in [1.29, 1.82) is 0 Å². The number of amides is 2. The van der Waals surface area contributed by atoms with Gasteiger partial charge in [0, 0.05) is 25.2 Å². The molecule has 1 unspecified atom stereocenters. The SMILES string of the molecule is CCOC(=O)c1ccccc1N1CC(C(=O)N2CCc3ccccc32)CC1=O. The maximum atomic E-state index is 13.1. The van der Waals surface area contributed by atoms with Crippen LogP contribution in [0.3, 0.4) is 0 Å². The van der Waals surface area contributed by atoms with Crippen LogP contribution in [0.1, 0.15) is 29.3 Å². The number of para-hydroxylation sites is 2. The summed E-state index contributed by atoms with van der Waals surface area (Å²) in [5.41, 5.74) is 2.94. The van der Waals surface area contributed by atoms with E-state index in [4.69, 9.17) is 4.74 Å². The summed E-state index contributed by atoms with van der Waals surface area (Å²) in [6.45, 7) is 2.91. The first kappa shape index (κ1) is 18.2. The summed E-state index contributed by atoms with van der Waals surface area (Å²) in [4.78, 5) is 41.4. The van der Waals surface area contributed by atoms with Crippen molar-refractivity contribution in [1.82, 2.24) is 0 Å². The number of benzene rings is 2. The summed E-state index contributed by atoms with van der Waals surface area (Å²) in [7, 11) is 0. The molecule has 0 aromatic heterocycles. The molecule has 1 saturated heterocycles. The van der Waals surface area contributed by atoms with Gasteiger partial charge in [-0.05, 0) is 37.1 Å². The number of carbonyl (C=O) groups excluding carboxylic acids is 3. The van der Waals surface area contributed by atoms with E-state index in [1.807, 2.05) is 24.3 Å². The molecule has 6 heteroatoms. The smallest absolute Gasteiger partial charge is 0.340 e. The van der Waals surface area contributed by atoms with Gasteiger partial charge >= 0.3 is 5.97 Å². The van der Waals surface area contributed by atoms with Gasteiger partial charge in [-0.3, -0.25) is 9.59 Å². The van der Waals surface area contributed by atoms with Crippen molar-refractivity contribution in [2.75, 3.05) is 29.5 Å². The fourth-order valence-corrected chi connectivity index (χ4v) is 3.98. The standard InChI is InChI=1S/C22H22N2O4/c1-2-28-22(27)17-8-4-6-10-19(17)24-14-16(13-20(24)25)21(26)23-12-11-15-7-3-5-9-18(15)23/h3-10,16H,2,11-14H2,1H3. The Hall–Kier alpha value is -3.15. The zero-order chi connectivity index (χ0) is 19.7.